The van der Waals surface area contributed by atoms with Crippen molar-refractivity contribution in [1.29, 1.82) is 0 Å². The summed E-state index contributed by atoms with van der Waals surface area (Å²) in [6, 6.07) is 7.00. The van der Waals surface area contributed by atoms with Crippen LogP contribution in [0.4, 0.5) is 0 Å². The third-order valence-electron chi connectivity index (χ3n) is 3.67. The molecule has 5 nitrogen and oxygen atoms in total. The molecule has 1 aliphatic rings. The lowest BCUT2D eigenvalue weighted by molar-refractivity contribution is -0.122. The SMILES string of the molecule is CCCNC(=O)CN1CCN(C(=O)c2cccc(Cl)c2)CC1. The molecule has 0 unspecified atom stereocenters. The fourth-order valence-electron chi connectivity index (χ4n) is 2.44. The quantitative estimate of drug-likeness (QED) is 0.896. The van der Waals surface area contributed by atoms with Crippen LogP contribution in [-0.2, 0) is 4.79 Å². The summed E-state index contributed by atoms with van der Waals surface area (Å²) in [5, 5.41) is 3.44. The van der Waals surface area contributed by atoms with Gasteiger partial charge in [0.2, 0.25) is 5.91 Å². The van der Waals surface area contributed by atoms with Gasteiger partial charge in [-0.2, -0.15) is 0 Å². The normalized spacial score (nSPS) is 15.6. The lowest BCUT2D eigenvalue weighted by atomic mass is 10.2. The summed E-state index contributed by atoms with van der Waals surface area (Å²) in [7, 11) is 0. The van der Waals surface area contributed by atoms with E-state index in [1.807, 2.05) is 11.8 Å². The summed E-state index contributed by atoms with van der Waals surface area (Å²) >= 11 is 5.93. The van der Waals surface area contributed by atoms with E-state index in [-0.39, 0.29) is 11.8 Å². The molecule has 0 atom stereocenters. The van der Waals surface area contributed by atoms with Gasteiger partial charge in [-0.25, -0.2) is 0 Å². The molecule has 0 bridgehead atoms. The highest BCUT2D eigenvalue weighted by atomic mass is 35.5. The number of carbonyl (C=O) groups excluding carboxylic acids is 2. The largest absolute Gasteiger partial charge is 0.355 e. The Kier molecular flexibility index (Phi) is 6.21. The van der Waals surface area contributed by atoms with E-state index in [1.54, 1.807) is 24.3 Å². The molecule has 2 amide bonds. The van der Waals surface area contributed by atoms with Crippen LogP contribution < -0.4 is 5.32 Å². The van der Waals surface area contributed by atoms with E-state index in [0.29, 0.717) is 49.9 Å². The van der Waals surface area contributed by atoms with Gasteiger partial charge in [0.1, 0.15) is 0 Å². The van der Waals surface area contributed by atoms with Crippen LogP contribution in [0.3, 0.4) is 0 Å². The number of carbonyl (C=O) groups is 2. The maximum absolute atomic E-state index is 12.4. The monoisotopic (exact) mass is 323 g/mol. The van der Waals surface area contributed by atoms with Gasteiger partial charge in [0.15, 0.2) is 0 Å². The molecule has 0 saturated carbocycles. The van der Waals surface area contributed by atoms with E-state index in [9.17, 15) is 9.59 Å². The molecule has 0 aliphatic carbocycles. The minimum atomic E-state index is -0.00224. The summed E-state index contributed by atoms with van der Waals surface area (Å²) in [5.74, 6) is 0.0500. The van der Waals surface area contributed by atoms with Gasteiger partial charge in [0, 0.05) is 43.3 Å². The van der Waals surface area contributed by atoms with Crippen molar-refractivity contribution in [1.82, 2.24) is 15.1 Å². The van der Waals surface area contributed by atoms with E-state index >= 15 is 0 Å². The molecule has 6 heteroatoms. The van der Waals surface area contributed by atoms with Gasteiger partial charge < -0.3 is 10.2 Å². The highest BCUT2D eigenvalue weighted by Gasteiger charge is 2.23. The molecular formula is C16H22ClN3O2. The summed E-state index contributed by atoms with van der Waals surface area (Å²) in [6.07, 6.45) is 0.938. The highest BCUT2D eigenvalue weighted by Crippen LogP contribution is 2.14. The Labute approximate surface area is 136 Å². The molecule has 120 valence electrons. The topological polar surface area (TPSA) is 52.7 Å². The Morgan fingerprint density at radius 1 is 1.23 bits per heavy atom. The minimum Gasteiger partial charge on any atom is -0.355 e. The van der Waals surface area contributed by atoms with E-state index < -0.39 is 0 Å². The number of amides is 2. The first kappa shape index (κ1) is 16.8. The smallest absolute Gasteiger partial charge is 0.253 e. The predicted molar refractivity (Wildman–Crippen MR) is 87.1 cm³/mol. The Morgan fingerprint density at radius 2 is 1.95 bits per heavy atom. The Balaban J connectivity index is 1.82. The Hall–Kier alpha value is -1.59. The lowest BCUT2D eigenvalue weighted by Crippen LogP contribution is -2.51. The van der Waals surface area contributed by atoms with Crippen LogP contribution in [-0.4, -0.2) is 60.9 Å². The molecule has 2 rings (SSSR count). The maximum atomic E-state index is 12.4. The third-order valence-corrected chi connectivity index (χ3v) is 3.91. The van der Waals surface area contributed by atoms with Crippen LogP contribution in [0.25, 0.3) is 0 Å². The number of rotatable bonds is 5. The van der Waals surface area contributed by atoms with Crippen LogP contribution in [0.5, 0.6) is 0 Å². The molecular weight excluding hydrogens is 302 g/mol. The van der Waals surface area contributed by atoms with Gasteiger partial charge in [0.25, 0.3) is 5.91 Å². The fourth-order valence-corrected chi connectivity index (χ4v) is 2.63. The van der Waals surface area contributed by atoms with Gasteiger partial charge in [-0.3, -0.25) is 14.5 Å². The van der Waals surface area contributed by atoms with Crippen LogP contribution in [0, 0.1) is 0 Å². The molecule has 1 aromatic carbocycles. The van der Waals surface area contributed by atoms with E-state index in [0.717, 1.165) is 6.42 Å². The first-order chi connectivity index (χ1) is 10.6. The standard InChI is InChI=1S/C16H22ClN3O2/c1-2-6-18-15(21)12-19-7-9-20(10-8-19)16(22)13-4-3-5-14(17)11-13/h3-5,11H,2,6-10,12H2,1H3,(H,18,21). The second kappa shape index (κ2) is 8.15. The first-order valence-corrected chi connectivity index (χ1v) is 8.02. The van der Waals surface area contributed by atoms with Crippen molar-refractivity contribution in [3.63, 3.8) is 0 Å². The van der Waals surface area contributed by atoms with Gasteiger partial charge in [-0.15, -0.1) is 0 Å². The van der Waals surface area contributed by atoms with Gasteiger partial charge in [-0.1, -0.05) is 24.6 Å². The zero-order chi connectivity index (χ0) is 15.9. The maximum Gasteiger partial charge on any atom is 0.253 e. The van der Waals surface area contributed by atoms with Crippen LogP contribution in [0.1, 0.15) is 23.7 Å². The number of nitrogens with one attached hydrogen (secondary N) is 1. The Bertz CT molecular complexity index is 528. The number of piperazine rings is 1. The van der Waals surface area contributed by atoms with Crippen LogP contribution in [0.2, 0.25) is 5.02 Å². The molecule has 0 spiro atoms. The zero-order valence-electron chi connectivity index (χ0n) is 12.8. The molecule has 0 aromatic heterocycles. The predicted octanol–water partition coefficient (Wildman–Crippen LogP) is 1.62. The lowest BCUT2D eigenvalue weighted by Gasteiger charge is -2.34. The van der Waals surface area contributed by atoms with Crippen molar-refractivity contribution < 1.29 is 9.59 Å². The number of benzene rings is 1. The number of nitrogens with zero attached hydrogens (tertiary/aromatic N) is 2. The fraction of sp³-hybridized carbons (Fsp3) is 0.500. The molecule has 1 heterocycles. The van der Waals surface area contributed by atoms with E-state index in [4.69, 9.17) is 11.6 Å². The number of hydrogen-bond acceptors (Lipinski definition) is 3. The summed E-state index contributed by atoms with van der Waals surface area (Å²) in [4.78, 5) is 28.0. The minimum absolute atomic E-state index is 0.00224. The zero-order valence-corrected chi connectivity index (χ0v) is 13.6. The van der Waals surface area contributed by atoms with Gasteiger partial charge in [0.05, 0.1) is 6.54 Å². The van der Waals surface area contributed by atoms with Crippen molar-refractivity contribution in [2.75, 3.05) is 39.3 Å². The molecule has 1 aromatic rings. The van der Waals surface area contributed by atoms with E-state index in [2.05, 4.69) is 10.2 Å². The third kappa shape index (κ3) is 4.71. The highest BCUT2D eigenvalue weighted by molar-refractivity contribution is 6.30. The van der Waals surface area contributed by atoms with E-state index in [1.165, 1.54) is 0 Å². The second-order valence-electron chi connectivity index (χ2n) is 5.43. The van der Waals surface area contributed by atoms with Crippen LogP contribution in [0.15, 0.2) is 24.3 Å². The molecule has 22 heavy (non-hydrogen) atoms. The van der Waals surface area contributed by atoms with Gasteiger partial charge >= 0.3 is 0 Å². The van der Waals surface area contributed by atoms with Crippen molar-refractivity contribution in [3.8, 4) is 0 Å². The van der Waals surface area contributed by atoms with Crippen molar-refractivity contribution in [2.45, 2.75) is 13.3 Å². The molecule has 1 N–H and O–H groups in total. The molecule has 1 saturated heterocycles. The Morgan fingerprint density at radius 3 is 2.59 bits per heavy atom. The average Bonchev–Trinajstić information content (AvgIpc) is 2.53. The number of halogens is 1. The second-order valence-corrected chi connectivity index (χ2v) is 5.87. The summed E-state index contributed by atoms with van der Waals surface area (Å²) < 4.78 is 0. The van der Waals surface area contributed by atoms with Crippen molar-refractivity contribution in [3.05, 3.63) is 34.9 Å². The van der Waals surface area contributed by atoms with Crippen LogP contribution >= 0.6 is 11.6 Å². The molecule has 1 fully saturated rings. The summed E-state index contributed by atoms with van der Waals surface area (Å²) in [6.45, 7) is 5.84. The molecule has 1 aliphatic heterocycles. The number of hydrogen-bond donors (Lipinski definition) is 1. The average molecular weight is 324 g/mol. The first-order valence-electron chi connectivity index (χ1n) is 7.64. The van der Waals surface area contributed by atoms with Crippen molar-refractivity contribution >= 4 is 23.4 Å². The molecule has 0 radical (unpaired) electrons. The van der Waals surface area contributed by atoms with Crippen molar-refractivity contribution in [2.24, 2.45) is 0 Å². The van der Waals surface area contributed by atoms with Gasteiger partial charge in [-0.05, 0) is 24.6 Å². The summed E-state index contributed by atoms with van der Waals surface area (Å²) in [5.41, 5.74) is 0.613.